The van der Waals surface area contributed by atoms with Gasteiger partial charge >= 0.3 is 0 Å². The Balaban J connectivity index is 1.70. The van der Waals surface area contributed by atoms with Crippen LogP contribution in [0.3, 0.4) is 0 Å². The molecule has 2 heterocycles. The minimum Gasteiger partial charge on any atom is -0.361 e. The summed E-state index contributed by atoms with van der Waals surface area (Å²) < 4.78 is 0. The van der Waals surface area contributed by atoms with Crippen molar-refractivity contribution in [1.29, 1.82) is 0 Å². The van der Waals surface area contributed by atoms with Crippen LogP contribution >= 0.6 is 0 Å². The summed E-state index contributed by atoms with van der Waals surface area (Å²) in [6.45, 7) is 4.22. The summed E-state index contributed by atoms with van der Waals surface area (Å²) in [6, 6.07) is 8.54. The van der Waals surface area contributed by atoms with Crippen molar-refractivity contribution in [3.8, 4) is 0 Å². The first-order chi connectivity index (χ1) is 9.88. The lowest BCUT2D eigenvalue weighted by molar-refractivity contribution is 0.296. The van der Waals surface area contributed by atoms with E-state index in [2.05, 4.69) is 46.4 Å². The minimum atomic E-state index is 0.810. The average Bonchev–Trinajstić information content (AvgIpc) is 2.92. The van der Waals surface area contributed by atoms with Crippen molar-refractivity contribution in [3.05, 3.63) is 42.1 Å². The number of rotatable bonds is 5. The van der Waals surface area contributed by atoms with E-state index in [9.17, 15) is 0 Å². The van der Waals surface area contributed by atoms with E-state index in [0.29, 0.717) is 0 Å². The first kappa shape index (κ1) is 13.4. The molecule has 0 aliphatic carbocycles. The summed E-state index contributed by atoms with van der Waals surface area (Å²) in [7, 11) is 0. The number of H-pyrrole nitrogens is 1. The van der Waals surface area contributed by atoms with E-state index in [0.717, 1.165) is 32.5 Å². The Morgan fingerprint density at radius 2 is 2.10 bits per heavy atom. The summed E-state index contributed by atoms with van der Waals surface area (Å²) in [4.78, 5) is 5.89. The van der Waals surface area contributed by atoms with Gasteiger partial charge in [-0.3, -0.25) is 4.90 Å². The molecule has 1 aromatic carbocycles. The molecule has 0 saturated carbocycles. The normalized spacial score (nSPS) is 16.6. The van der Waals surface area contributed by atoms with Gasteiger partial charge in [-0.25, -0.2) is 0 Å². The maximum absolute atomic E-state index is 5.55. The lowest BCUT2D eigenvalue weighted by Gasteiger charge is -2.26. The number of nitrogens with two attached hydrogens (primary N) is 1. The topological polar surface area (TPSA) is 45.0 Å². The third-order valence-corrected chi connectivity index (χ3v) is 4.16. The summed E-state index contributed by atoms with van der Waals surface area (Å²) in [5.41, 5.74) is 9.64. The minimum absolute atomic E-state index is 0.810. The van der Waals surface area contributed by atoms with E-state index < -0.39 is 0 Å². The molecule has 0 saturated heterocycles. The van der Waals surface area contributed by atoms with E-state index >= 15 is 0 Å². The number of benzene rings is 1. The molecule has 0 atom stereocenters. The van der Waals surface area contributed by atoms with Gasteiger partial charge in [0.05, 0.1) is 0 Å². The number of unbranched alkanes of at least 4 members (excludes halogenated alkanes) is 1. The van der Waals surface area contributed by atoms with Crippen LogP contribution in [0.4, 0.5) is 0 Å². The SMILES string of the molecule is NCCCCN1CC=C(c2c[nH]c3ccccc23)CC1. The standard InChI is InChI=1S/C17H23N3/c18-9-3-4-10-20-11-7-14(8-12-20)16-13-19-17-6-2-1-5-15(16)17/h1-2,5-7,13,19H,3-4,8-12,18H2. The van der Waals surface area contributed by atoms with Gasteiger partial charge in [-0.15, -0.1) is 0 Å². The molecule has 2 aromatic rings. The lowest BCUT2D eigenvalue weighted by atomic mass is 9.99. The van der Waals surface area contributed by atoms with Crippen molar-refractivity contribution in [2.24, 2.45) is 5.73 Å². The van der Waals surface area contributed by atoms with E-state index in [4.69, 9.17) is 5.73 Å². The summed E-state index contributed by atoms with van der Waals surface area (Å²) >= 11 is 0. The summed E-state index contributed by atoms with van der Waals surface area (Å²) in [6.07, 6.45) is 8.04. The van der Waals surface area contributed by atoms with Crippen LogP contribution in [-0.4, -0.2) is 36.1 Å². The first-order valence-electron chi connectivity index (χ1n) is 7.56. The largest absolute Gasteiger partial charge is 0.361 e. The van der Waals surface area contributed by atoms with Crippen LogP contribution in [0.25, 0.3) is 16.5 Å². The highest BCUT2D eigenvalue weighted by molar-refractivity contribution is 5.92. The molecular weight excluding hydrogens is 246 g/mol. The van der Waals surface area contributed by atoms with Gasteiger partial charge in [0.25, 0.3) is 0 Å². The highest BCUT2D eigenvalue weighted by Gasteiger charge is 2.14. The highest BCUT2D eigenvalue weighted by Crippen LogP contribution is 2.29. The number of nitrogens with zero attached hydrogens (tertiary/aromatic N) is 1. The van der Waals surface area contributed by atoms with Crippen molar-refractivity contribution in [1.82, 2.24) is 9.88 Å². The van der Waals surface area contributed by atoms with Crippen molar-refractivity contribution in [2.75, 3.05) is 26.2 Å². The average molecular weight is 269 g/mol. The van der Waals surface area contributed by atoms with Crippen LogP contribution in [0.1, 0.15) is 24.8 Å². The summed E-state index contributed by atoms with van der Waals surface area (Å²) in [5, 5.41) is 1.34. The van der Waals surface area contributed by atoms with Crippen molar-refractivity contribution < 1.29 is 0 Å². The van der Waals surface area contributed by atoms with Crippen LogP contribution in [0.5, 0.6) is 0 Å². The second kappa shape index (κ2) is 6.25. The zero-order valence-electron chi connectivity index (χ0n) is 11.9. The van der Waals surface area contributed by atoms with Gasteiger partial charge in [0.2, 0.25) is 0 Å². The van der Waals surface area contributed by atoms with Gasteiger partial charge in [0, 0.05) is 35.8 Å². The maximum atomic E-state index is 5.55. The second-order valence-electron chi connectivity index (χ2n) is 5.52. The number of aromatic amines is 1. The fourth-order valence-corrected chi connectivity index (χ4v) is 2.98. The molecule has 0 radical (unpaired) electrons. The second-order valence-corrected chi connectivity index (χ2v) is 5.52. The van der Waals surface area contributed by atoms with Crippen LogP contribution in [0.2, 0.25) is 0 Å². The third kappa shape index (κ3) is 2.79. The molecule has 3 rings (SSSR count). The van der Waals surface area contributed by atoms with Gasteiger partial charge in [-0.05, 0) is 44.0 Å². The molecule has 0 unspecified atom stereocenters. The number of hydrogen-bond donors (Lipinski definition) is 2. The van der Waals surface area contributed by atoms with Crippen molar-refractivity contribution >= 4 is 16.5 Å². The Bertz CT molecular complexity index is 597. The van der Waals surface area contributed by atoms with Gasteiger partial charge < -0.3 is 10.7 Å². The Labute approximate surface area is 120 Å². The predicted molar refractivity (Wildman–Crippen MR) is 85.6 cm³/mol. The molecule has 0 bridgehead atoms. The maximum Gasteiger partial charge on any atom is 0.0460 e. The molecule has 1 aliphatic heterocycles. The zero-order valence-corrected chi connectivity index (χ0v) is 11.9. The fraction of sp³-hybridized carbons (Fsp3) is 0.412. The van der Waals surface area contributed by atoms with Gasteiger partial charge in [0.15, 0.2) is 0 Å². The molecule has 3 N–H and O–H groups in total. The van der Waals surface area contributed by atoms with Crippen LogP contribution < -0.4 is 5.73 Å². The van der Waals surface area contributed by atoms with Crippen LogP contribution in [-0.2, 0) is 0 Å². The zero-order chi connectivity index (χ0) is 13.8. The van der Waals surface area contributed by atoms with Gasteiger partial charge in [-0.2, -0.15) is 0 Å². The van der Waals surface area contributed by atoms with E-state index in [1.807, 2.05) is 0 Å². The molecule has 3 heteroatoms. The molecule has 106 valence electrons. The Hall–Kier alpha value is -1.58. The molecular formula is C17H23N3. The fourth-order valence-electron chi connectivity index (χ4n) is 2.98. The van der Waals surface area contributed by atoms with Crippen molar-refractivity contribution in [2.45, 2.75) is 19.3 Å². The monoisotopic (exact) mass is 269 g/mol. The summed E-state index contributed by atoms with van der Waals surface area (Å²) in [5.74, 6) is 0. The van der Waals surface area contributed by atoms with E-state index in [-0.39, 0.29) is 0 Å². The molecule has 20 heavy (non-hydrogen) atoms. The molecule has 0 spiro atoms. The Kier molecular flexibility index (Phi) is 4.19. The number of para-hydroxylation sites is 1. The quantitative estimate of drug-likeness (QED) is 0.820. The number of fused-ring (bicyclic) bond motifs is 1. The van der Waals surface area contributed by atoms with Crippen LogP contribution in [0, 0.1) is 0 Å². The van der Waals surface area contributed by atoms with Gasteiger partial charge in [-0.1, -0.05) is 24.3 Å². The van der Waals surface area contributed by atoms with E-state index in [1.165, 1.54) is 35.0 Å². The molecule has 3 nitrogen and oxygen atoms in total. The lowest BCUT2D eigenvalue weighted by Crippen LogP contribution is -2.29. The Morgan fingerprint density at radius 1 is 1.20 bits per heavy atom. The predicted octanol–water partition coefficient (Wildman–Crippen LogP) is 3.00. The molecule has 1 aromatic heterocycles. The van der Waals surface area contributed by atoms with Crippen molar-refractivity contribution in [3.63, 3.8) is 0 Å². The van der Waals surface area contributed by atoms with Gasteiger partial charge in [0.1, 0.15) is 0 Å². The molecule has 0 amide bonds. The first-order valence-corrected chi connectivity index (χ1v) is 7.56. The smallest absolute Gasteiger partial charge is 0.0460 e. The van der Waals surface area contributed by atoms with E-state index in [1.54, 1.807) is 0 Å². The number of hydrogen-bond acceptors (Lipinski definition) is 2. The molecule has 0 fully saturated rings. The Morgan fingerprint density at radius 3 is 2.90 bits per heavy atom. The third-order valence-electron chi connectivity index (χ3n) is 4.16. The molecule has 1 aliphatic rings. The number of aromatic nitrogens is 1. The number of nitrogens with one attached hydrogen (secondary N) is 1. The highest BCUT2D eigenvalue weighted by atomic mass is 15.1. The van der Waals surface area contributed by atoms with Crippen LogP contribution in [0.15, 0.2) is 36.5 Å².